The average Bonchev–Trinajstić information content (AvgIpc) is 2.93. The van der Waals surface area contributed by atoms with Crippen molar-refractivity contribution in [1.29, 1.82) is 0 Å². The highest BCUT2D eigenvalue weighted by Crippen LogP contribution is 2.42. The summed E-state index contributed by atoms with van der Waals surface area (Å²) in [5.41, 5.74) is 1.21. The van der Waals surface area contributed by atoms with Gasteiger partial charge in [0.1, 0.15) is 5.82 Å². The van der Waals surface area contributed by atoms with Crippen molar-refractivity contribution in [2.75, 3.05) is 10.2 Å². The molecule has 0 spiro atoms. The Labute approximate surface area is 162 Å². The van der Waals surface area contributed by atoms with Crippen molar-refractivity contribution in [1.82, 2.24) is 0 Å². The van der Waals surface area contributed by atoms with Gasteiger partial charge in [0.25, 0.3) is 5.91 Å². The first-order chi connectivity index (χ1) is 13.4. The number of rotatable bonds is 3. The van der Waals surface area contributed by atoms with E-state index in [0.717, 1.165) is 19.3 Å². The quantitative estimate of drug-likeness (QED) is 0.819. The maximum atomic E-state index is 13.0. The monoisotopic (exact) mass is 380 g/mol. The summed E-state index contributed by atoms with van der Waals surface area (Å²) in [5, 5.41) is 2.69. The molecular weight excluding hydrogens is 359 g/mol. The zero-order valence-corrected chi connectivity index (χ0v) is 15.5. The molecule has 1 aliphatic carbocycles. The van der Waals surface area contributed by atoms with Gasteiger partial charge in [0.15, 0.2) is 0 Å². The molecule has 0 aromatic heterocycles. The highest BCUT2D eigenvalue weighted by atomic mass is 19.1. The van der Waals surface area contributed by atoms with Crippen LogP contribution in [0, 0.1) is 23.6 Å². The van der Waals surface area contributed by atoms with Crippen LogP contribution < -0.4 is 10.2 Å². The molecule has 2 aliphatic rings. The number of nitrogens with zero attached hydrogens (tertiary/aromatic N) is 1. The van der Waals surface area contributed by atoms with Crippen molar-refractivity contribution in [3.8, 4) is 0 Å². The second kappa shape index (κ2) is 7.19. The summed E-state index contributed by atoms with van der Waals surface area (Å²) in [6.45, 7) is 2.11. The Kier molecular flexibility index (Phi) is 4.71. The molecule has 2 fully saturated rings. The van der Waals surface area contributed by atoms with E-state index >= 15 is 0 Å². The van der Waals surface area contributed by atoms with Crippen molar-refractivity contribution in [2.45, 2.75) is 26.2 Å². The molecule has 1 aliphatic heterocycles. The summed E-state index contributed by atoms with van der Waals surface area (Å²) < 4.78 is 13.0. The zero-order valence-electron chi connectivity index (χ0n) is 15.5. The minimum atomic E-state index is -0.390. The lowest BCUT2D eigenvalue weighted by Crippen LogP contribution is -2.31. The normalized spacial score (nSPS) is 24.2. The number of carbonyl (C=O) groups excluding carboxylic acids is 3. The molecule has 0 radical (unpaired) electrons. The third kappa shape index (κ3) is 3.30. The summed E-state index contributed by atoms with van der Waals surface area (Å²) in [6.07, 6.45) is 2.42. The molecule has 3 amide bonds. The lowest BCUT2D eigenvalue weighted by molar-refractivity contribution is -0.122. The third-order valence-corrected chi connectivity index (χ3v) is 5.66. The lowest BCUT2D eigenvalue weighted by atomic mass is 9.76. The third-order valence-electron chi connectivity index (χ3n) is 5.66. The molecule has 0 bridgehead atoms. The van der Waals surface area contributed by atoms with E-state index in [9.17, 15) is 18.8 Å². The van der Waals surface area contributed by atoms with E-state index in [-0.39, 0.29) is 29.5 Å². The van der Waals surface area contributed by atoms with E-state index in [1.54, 1.807) is 24.3 Å². The molecular formula is C22H21FN2O3. The van der Waals surface area contributed by atoms with Gasteiger partial charge in [-0.05, 0) is 67.6 Å². The van der Waals surface area contributed by atoms with Crippen LogP contribution in [0.25, 0.3) is 0 Å². The number of anilines is 2. The number of nitrogens with one attached hydrogen (secondary N) is 1. The van der Waals surface area contributed by atoms with E-state index in [4.69, 9.17) is 0 Å². The van der Waals surface area contributed by atoms with Crippen molar-refractivity contribution in [3.05, 3.63) is 59.9 Å². The molecule has 2 aromatic carbocycles. The first kappa shape index (κ1) is 18.3. The molecule has 5 nitrogen and oxygen atoms in total. The number of benzene rings is 2. The predicted molar refractivity (Wildman–Crippen MR) is 103 cm³/mol. The van der Waals surface area contributed by atoms with Gasteiger partial charge in [-0.25, -0.2) is 4.39 Å². The summed E-state index contributed by atoms with van der Waals surface area (Å²) in [6, 6.07) is 11.9. The smallest absolute Gasteiger partial charge is 0.255 e. The topological polar surface area (TPSA) is 66.5 Å². The second-order valence-corrected chi connectivity index (χ2v) is 7.65. The number of halogens is 1. The highest BCUT2D eigenvalue weighted by Gasteiger charge is 2.50. The molecule has 6 heteroatoms. The number of amides is 3. The van der Waals surface area contributed by atoms with E-state index in [0.29, 0.717) is 22.9 Å². The van der Waals surface area contributed by atoms with Crippen LogP contribution in [0.1, 0.15) is 36.5 Å². The van der Waals surface area contributed by atoms with Crippen molar-refractivity contribution in [3.63, 3.8) is 0 Å². The van der Waals surface area contributed by atoms with Gasteiger partial charge in [-0.2, -0.15) is 0 Å². The van der Waals surface area contributed by atoms with Gasteiger partial charge in [0.2, 0.25) is 11.8 Å². The van der Waals surface area contributed by atoms with E-state index in [1.165, 1.54) is 29.2 Å². The first-order valence-corrected chi connectivity index (χ1v) is 9.49. The SMILES string of the molecule is C[C@@H]1CC[C@H]2C(=O)N(c3cccc(C(=O)Nc4ccc(F)cc4)c3)C(=O)[C@@H]2C1. The Morgan fingerprint density at radius 3 is 2.50 bits per heavy atom. The Morgan fingerprint density at radius 2 is 1.75 bits per heavy atom. The molecule has 28 heavy (non-hydrogen) atoms. The summed E-state index contributed by atoms with van der Waals surface area (Å²) in [4.78, 5) is 39.5. The molecule has 0 unspecified atom stereocenters. The largest absolute Gasteiger partial charge is 0.322 e. The van der Waals surface area contributed by atoms with Gasteiger partial charge in [-0.1, -0.05) is 13.0 Å². The van der Waals surface area contributed by atoms with Gasteiger partial charge in [0.05, 0.1) is 17.5 Å². The molecule has 1 heterocycles. The first-order valence-electron chi connectivity index (χ1n) is 9.49. The van der Waals surface area contributed by atoms with Crippen LogP contribution in [0.3, 0.4) is 0 Å². The highest BCUT2D eigenvalue weighted by molar-refractivity contribution is 6.22. The van der Waals surface area contributed by atoms with Crippen LogP contribution in [0.15, 0.2) is 48.5 Å². The van der Waals surface area contributed by atoms with Gasteiger partial charge in [-0.3, -0.25) is 19.3 Å². The number of hydrogen-bond acceptors (Lipinski definition) is 3. The Morgan fingerprint density at radius 1 is 1.04 bits per heavy atom. The molecule has 2 aromatic rings. The van der Waals surface area contributed by atoms with Gasteiger partial charge >= 0.3 is 0 Å². The minimum absolute atomic E-state index is 0.169. The maximum Gasteiger partial charge on any atom is 0.255 e. The van der Waals surface area contributed by atoms with Gasteiger partial charge in [0, 0.05) is 11.3 Å². The molecule has 4 rings (SSSR count). The summed E-state index contributed by atoms with van der Waals surface area (Å²) >= 11 is 0. The number of fused-ring (bicyclic) bond motifs is 1. The van der Waals surface area contributed by atoms with Gasteiger partial charge in [-0.15, -0.1) is 0 Å². The molecule has 144 valence electrons. The Bertz CT molecular complexity index is 941. The fraction of sp³-hybridized carbons (Fsp3) is 0.318. The average molecular weight is 380 g/mol. The molecule has 3 atom stereocenters. The maximum absolute atomic E-state index is 13.0. The molecule has 1 N–H and O–H groups in total. The molecule has 1 saturated carbocycles. The Hall–Kier alpha value is -3.02. The molecule has 1 saturated heterocycles. The standard InChI is InChI=1S/C22H21FN2O3/c1-13-5-10-18-19(11-13)22(28)25(21(18)27)17-4-2-3-14(12-17)20(26)24-16-8-6-15(23)7-9-16/h2-4,6-9,12-13,18-19H,5,10-11H2,1H3,(H,24,26)/t13-,18-,19-/m1/s1. The second-order valence-electron chi connectivity index (χ2n) is 7.65. The zero-order chi connectivity index (χ0) is 19.8. The van der Waals surface area contributed by atoms with Crippen molar-refractivity contribution in [2.24, 2.45) is 17.8 Å². The van der Waals surface area contributed by atoms with Crippen LogP contribution in [-0.2, 0) is 9.59 Å². The van der Waals surface area contributed by atoms with Crippen molar-refractivity contribution < 1.29 is 18.8 Å². The Balaban J connectivity index is 1.56. The minimum Gasteiger partial charge on any atom is -0.322 e. The van der Waals surface area contributed by atoms with Crippen LogP contribution in [0.4, 0.5) is 15.8 Å². The number of hydrogen-bond donors (Lipinski definition) is 1. The van der Waals surface area contributed by atoms with E-state index in [2.05, 4.69) is 12.2 Å². The fourth-order valence-corrected chi connectivity index (χ4v) is 4.17. The van der Waals surface area contributed by atoms with Crippen LogP contribution in [0.2, 0.25) is 0 Å². The van der Waals surface area contributed by atoms with E-state index in [1.807, 2.05) is 0 Å². The number of imide groups is 1. The fourth-order valence-electron chi connectivity index (χ4n) is 4.17. The van der Waals surface area contributed by atoms with E-state index < -0.39 is 5.91 Å². The lowest BCUT2D eigenvalue weighted by Gasteiger charge is -2.25. The predicted octanol–water partition coefficient (Wildman–Crippen LogP) is 4.00. The van der Waals surface area contributed by atoms with Crippen LogP contribution in [0.5, 0.6) is 0 Å². The van der Waals surface area contributed by atoms with Crippen LogP contribution >= 0.6 is 0 Å². The number of carbonyl (C=O) groups is 3. The van der Waals surface area contributed by atoms with Crippen LogP contribution in [-0.4, -0.2) is 17.7 Å². The van der Waals surface area contributed by atoms with Gasteiger partial charge < -0.3 is 5.32 Å². The summed E-state index contributed by atoms with van der Waals surface area (Å²) in [7, 11) is 0. The summed E-state index contributed by atoms with van der Waals surface area (Å²) in [5.74, 6) is -1.19. The van der Waals surface area contributed by atoms with Crippen molar-refractivity contribution >= 4 is 29.1 Å².